The van der Waals surface area contributed by atoms with Crippen LogP contribution in [0, 0.1) is 5.92 Å². The van der Waals surface area contributed by atoms with Gasteiger partial charge >= 0.3 is 12.1 Å². The van der Waals surface area contributed by atoms with Crippen molar-refractivity contribution in [1.29, 1.82) is 0 Å². The smallest absolute Gasteiger partial charge is 0.481 e. The number of nitrogens with zero attached hydrogens (tertiary/aromatic N) is 1. The van der Waals surface area contributed by atoms with Crippen molar-refractivity contribution in [3.8, 4) is 0 Å². The molecule has 5 heteroatoms. The molecule has 1 rings (SSSR count). The van der Waals surface area contributed by atoms with Crippen molar-refractivity contribution < 1.29 is 24.3 Å². The van der Waals surface area contributed by atoms with E-state index in [4.69, 9.17) is 5.11 Å². The lowest BCUT2D eigenvalue weighted by Gasteiger charge is -2.46. The molecule has 0 unspecified atom stereocenters. The van der Waals surface area contributed by atoms with Crippen molar-refractivity contribution in [2.24, 2.45) is 5.92 Å². The average Bonchev–Trinajstić information content (AvgIpc) is 2.15. The van der Waals surface area contributed by atoms with Crippen LogP contribution in [0.3, 0.4) is 0 Å². The summed E-state index contributed by atoms with van der Waals surface area (Å²) in [6.07, 6.45) is 0.0361. The molecule has 0 spiro atoms. The minimum Gasteiger partial charge on any atom is -0.481 e. The second-order valence-electron chi connectivity index (χ2n) is 5.48. The minimum absolute atomic E-state index is 0.0310. The molecule has 1 aliphatic heterocycles. The number of hydrogen-bond acceptors (Lipinski definition) is 2. The van der Waals surface area contributed by atoms with Crippen molar-refractivity contribution in [2.75, 3.05) is 13.1 Å². The number of piperidine rings is 1. The van der Waals surface area contributed by atoms with Crippen LogP contribution in [0.4, 0.5) is 4.79 Å². The molecule has 1 fully saturated rings. The summed E-state index contributed by atoms with van der Waals surface area (Å²) in [6, 6.07) is 0. The highest BCUT2D eigenvalue weighted by Gasteiger charge is 2.50. The number of carbonyl (C=O) groups is 2. The number of quaternary nitrogens is 1. The molecule has 92 valence electrons. The lowest BCUT2D eigenvalue weighted by molar-refractivity contribution is -0.908. The van der Waals surface area contributed by atoms with E-state index >= 15 is 0 Å². The summed E-state index contributed by atoms with van der Waals surface area (Å²) < 4.78 is -0.0310. The van der Waals surface area contributed by atoms with Crippen LogP contribution in [0.5, 0.6) is 0 Å². The zero-order chi connectivity index (χ0) is 12.6. The van der Waals surface area contributed by atoms with Crippen LogP contribution in [0.15, 0.2) is 0 Å². The van der Waals surface area contributed by atoms with Crippen molar-refractivity contribution in [2.45, 2.75) is 39.2 Å². The Bertz CT molecular complexity index is 298. The van der Waals surface area contributed by atoms with Gasteiger partial charge in [-0.2, -0.15) is 4.79 Å². The molecular weight excluding hydrogens is 210 g/mol. The fourth-order valence-corrected chi connectivity index (χ4v) is 2.40. The Hall–Kier alpha value is -1.10. The second kappa shape index (κ2) is 4.05. The third-order valence-corrected chi connectivity index (χ3v) is 3.72. The van der Waals surface area contributed by atoms with Crippen LogP contribution >= 0.6 is 0 Å². The van der Waals surface area contributed by atoms with Crippen molar-refractivity contribution in [1.82, 2.24) is 0 Å². The standard InChI is InChI=1S/C11H19NO4/c1-11(2,3)12(10(15)16)6-4-8(5-7-12)9(13)14/h8H,4-7H2,1-3H3,(H-,13,14,15,16)/p+1. The van der Waals surface area contributed by atoms with Gasteiger partial charge in [0.25, 0.3) is 0 Å². The fourth-order valence-electron chi connectivity index (χ4n) is 2.40. The topological polar surface area (TPSA) is 74.6 Å². The van der Waals surface area contributed by atoms with Gasteiger partial charge in [0.1, 0.15) is 5.54 Å². The van der Waals surface area contributed by atoms with Gasteiger partial charge in [0.15, 0.2) is 0 Å². The lowest BCUT2D eigenvalue weighted by atomic mass is 9.90. The van der Waals surface area contributed by atoms with Gasteiger partial charge in [-0.15, -0.1) is 0 Å². The molecule has 0 aromatic heterocycles. The lowest BCUT2D eigenvalue weighted by Crippen LogP contribution is -2.66. The first-order valence-corrected chi connectivity index (χ1v) is 5.54. The van der Waals surface area contributed by atoms with Crippen LogP contribution in [-0.4, -0.2) is 45.4 Å². The highest BCUT2D eigenvalue weighted by Crippen LogP contribution is 2.32. The molecule has 1 aliphatic rings. The molecule has 0 aromatic rings. The Balaban J connectivity index is 2.87. The predicted octanol–water partition coefficient (Wildman–Crippen LogP) is 1.77. The van der Waals surface area contributed by atoms with E-state index in [1.165, 1.54) is 0 Å². The van der Waals surface area contributed by atoms with Gasteiger partial charge in [0.2, 0.25) is 0 Å². The van der Waals surface area contributed by atoms with Gasteiger partial charge in [0, 0.05) is 12.8 Å². The molecule has 0 saturated carbocycles. The Morgan fingerprint density at radius 1 is 1.12 bits per heavy atom. The van der Waals surface area contributed by atoms with E-state index in [0.29, 0.717) is 25.9 Å². The molecule has 0 aromatic carbocycles. The Labute approximate surface area is 95.3 Å². The maximum absolute atomic E-state index is 11.4. The Kier molecular flexibility index (Phi) is 3.28. The fraction of sp³-hybridized carbons (Fsp3) is 0.818. The first-order valence-electron chi connectivity index (χ1n) is 5.54. The zero-order valence-electron chi connectivity index (χ0n) is 10.1. The van der Waals surface area contributed by atoms with Gasteiger partial charge < -0.3 is 10.2 Å². The molecule has 0 aliphatic carbocycles. The van der Waals surface area contributed by atoms with Crippen LogP contribution in [-0.2, 0) is 4.79 Å². The summed E-state index contributed by atoms with van der Waals surface area (Å²) >= 11 is 0. The zero-order valence-corrected chi connectivity index (χ0v) is 10.1. The summed E-state index contributed by atoms with van der Waals surface area (Å²) in [5.41, 5.74) is -0.394. The van der Waals surface area contributed by atoms with Gasteiger partial charge in [0.05, 0.1) is 19.0 Å². The molecule has 1 heterocycles. The van der Waals surface area contributed by atoms with Crippen LogP contribution < -0.4 is 0 Å². The highest BCUT2D eigenvalue weighted by molar-refractivity contribution is 5.70. The normalized spacial score (nSPS) is 31.1. The van der Waals surface area contributed by atoms with E-state index in [0.717, 1.165) is 0 Å². The molecule has 0 atom stereocenters. The first-order chi connectivity index (χ1) is 7.21. The molecule has 16 heavy (non-hydrogen) atoms. The third kappa shape index (κ3) is 2.04. The molecule has 0 radical (unpaired) electrons. The van der Waals surface area contributed by atoms with Crippen molar-refractivity contribution in [3.05, 3.63) is 0 Å². The summed E-state index contributed by atoms with van der Waals surface area (Å²) in [5.74, 6) is -1.19. The SMILES string of the molecule is CC(C)(C)[N+]1(C(=O)O)CCC(C(=O)O)CC1. The molecule has 0 bridgehead atoms. The number of aliphatic carboxylic acids is 1. The molecule has 1 amide bonds. The molecule has 1 saturated heterocycles. The Morgan fingerprint density at radius 3 is 1.81 bits per heavy atom. The summed E-state index contributed by atoms with van der Waals surface area (Å²) in [7, 11) is 0. The minimum atomic E-state index is -0.851. The van der Waals surface area contributed by atoms with E-state index in [1.54, 1.807) is 0 Å². The van der Waals surface area contributed by atoms with E-state index in [2.05, 4.69) is 0 Å². The van der Waals surface area contributed by atoms with E-state index in [-0.39, 0.29) is 10.4 Å². The van der Waals surface area contributed by atoms with Crippen LogP contribution in [0.1, 0.15) is 33.6 Å². The third-order valence-electron chi connectivity index (χ3n) is 3.72. The van der Waals surface area contributed by atoms with Gasteiger partial charge in [-0.1, -0.05) is 0 Å². The van der Waals surface area contributed by atoms with E-state index < -0.39 is 17.6 Å². The number of carboxylic acids is 1. The number of likely N-dealkylation sites (tertiary alicyclic amines) is 1. The monoisotopic (exact) mass is 230 g/mol. The summed E-state index contributed by atoms with van der Waals surface area (Å²) in [6.45, 7) is 6.47. The summed E-state index contributed by atoms with van der Waals surface area (Å²) in [5, 5.41) is 18.3. The number of rotatable bonds is 1. The Morgan fingerprint density at radius 2 is 1.56 bits per heavy atom. The van der Waals surface area contributed by atoms with Gasteiger partial charge in [-0.05, 0) is 20.8 Å². The first kappa shape index (κ1) is 13.0. The second-order valence-corrected chi connectivity index (χ2v) is 5.48. The molecule has 5 nitrogen and oxygen atoms in total. The number of carboxylic acid groups (broad SMARTS) is 2. The largest absolute Gasteiger partial charge is 0.513 e. The number of hydrogen-bond donors (Lipinski definition) is 2. The van der Waals surface area contributed by atoms with Crippen molar-refractivity contribution >= 4 is 12.1 Å². The van der Waals surface area contributed by atoms with Gasteiger partial charge in [-0.3, -0.25) is 4.79 Å². The van der Waals surface area contributed by atoms with Crippen LogP contribution in [0.2, 0.25) is 0 Å². The quantitative estimate of drug-likeness (QED) is 0.673. The average molecular weight is 230 g/mol. The molecule has 2 N–H and O–H groups in total. The summed E-state index contributed by atoms with van der Waals surface area (Å²) in [4.78, 5) is 22.3. The van der Waals surface area contributed by atoms with Crippen LogP contribution in [0.25, 0.3) is 0 Å². The molecular formula is C11H20NO4+. The van der Waals surface area contributed by atoms with E-state index in [1.807, 2.05) is 20.8 Å². The van der Waals surface area contributed by atoms with E-state index in [9.17, 15) is 14.7 Å². The highest BCUT2D eigenvalue weighted by atomic mass is 16.4. The van der Waals surface area contributed by atoms with Crippen molar-refractivity contribution in [3.63, 3.8) is 0 Å². The van der Waals surface area contributed by atoms with Gasteiger partial charge in [-0.25, -0.2) is 4.48 Å². The number of amides is 1. The maximum Gasteiger partial charge on any atom is 0.513 e. The maximum atomic E-state index is 11.4. The predicted molar refractivity (Wildman–Crippen MR) is 58.1 cm³/mol.